The highest BCUT2D eigenvalue weighted by Gasteiger charge is 2.32. The minimum absolute atomic E-state index is 0.0253. The Morgan fingerprint density at radius 3 is 1.76 bits per heavy atom. The van der Waals surface area contributed by atoms with Crippen LogP contribution in [-0.4, -0.2) is 90.0 Å². The normalized spacial score (nSPS) is 13.9. The van der Waals surface area contributed by atoms with Crippen LogP contribution in [0.5, 0.6) is 23.0 Å². The van der Waals surface area contributed by atoms with Crippen LogP contribution in [0.1, 0.15) is 39.2 Å². The number of amides is 1. The summed E-state index contributed by atoms with van der Waals surface area (Å²) in [6, 6.07) is 40.4. The quantitative estimate of drug-likeness (QED) is 0.109. The molecule has 0 bridgehead atoms. The topological polar surface area (TPSA) is 131 Å². The molecule has 0 aliphatic carbocycles. The number of hydrogen-bond donors (Lipinski definition) is 0. The Labute approximate surface area is 396 Å². The highest BCUT2D eigenvalue weighted by atomic mass is 16.6. The number of ether oxygens (including phenoxy) is 5. The van der Waals surface area contributed by atoms with Gasteiger partial charge in [0.15, 0.2) is 11.5 Å². The molecule has 4 heterocycles. The van der Waals surface area contributed by atoms with Crippen molar-refractivity contribution in [2.75, 3.05) is 47.1 Å². The number of rotatable bonds is 12. The van der Waals surface area contributed by atoms with E-state index in [0.29, 0.717) is 49.1 Å². The third-order valence-corrected chi connectivity index (χ3v) is 12.3. The SMILES string of the molecule is COc1ccc2c(-c3ccccc3)cc(=O)n(CC=O)c2c1.COc1ccc2c(-c3ccccc3)cc(=O)n(CCN3CCC(N(Cc4ccc5c(c4)OCCO5)C(=O)OC(C)(C)C)CC3)c2c1. The van der Waals surface area contributed by atoms with Gasteiger partial charge < -0.3 is 47.4 Å². The van der Waals surface area contributed by atoms with Crippen molar-refractivity contribution in [2.45, 2.75) is 64.9 Å². The predicted octanol–water partition coefficient (Wildman–Crippen LogP) is 9.23. The number of pyridine rings is 2. The van der Waals surface area contributed by atoms with Gasteiger partial charge in [-0.15, -0.1) is 0 Å². The van der Waals surface area contributed by atoms with Crippen LogP contribution in [-0.2, 0) is 29.2 Å². The molecule has 2 aliphatic rings. The summed E-state index contributed by atoms with van der Waals surface area (Å²) < 4.78 is 31.4. The van der Waals surface area contributed by atoms with Crippen molar-refractivity contribution < 1.29 is 33.3 Å². The van der Waals surface area contributed by atoms with Gasteiger partial charge in [0.1, 0.15) is 36.6 Å². The van der Waals surface area contributed by atoms with E-state index < -0.39 is 5.60 Å². The fourth-order valence-corrected chi connectivity index (χ4v) is 8.92. The molecule has 68 heavy (non-hydrogen) atoms. The second kappa shape index (κ2) is 21.1. The Morgan fingerprint density at radius 2 is 1.22 bits per heavy atom. The van der Waals surface area contributed by atoms with Crippen LogP contribution in [0.2, 0.25) is 0 Å². The number of methoxy groups -OCH3 is 2. The molecule has 0 saturated carbocycles. The summed E-state index contributed by atoms with van der Waals surface area (Å²) >= 11 is 0. The molecule has 0 N–H and O–H groups in total. The van der Waals surface area contributed by atoms with E-state index >= 15 is 0 Å². The second-order valence-electron chi connectivity index (χ2n) is 17.9. The van der Waals surface area contributed by atoms with Crippen molar-refractivity contribution in [3.63, 3.8) is 0 Å². The molecule has 2 aromatic heterocycles. The molecule has 0 radical (unpaired) electrons. The third kappa shape index (κ3) is 10.9. The third-order valence-electron chi connectivity index (χ3n) is 12.3. The van der Waals surface area contributed by atoms with Gasteiger partial charge in [-0.2, -0.15) is 0 Å². The molecule has 1 fully saturated rings. The van der Waals surface area contributed by atoms with Crippen LogP contribution in [0, 0.1) is 0 Å². The van der Waals surface area contributed by atoms with Crippen molar-refractivity contribution >= 4 is 34.2 Å². The van der Waals surface area contributed by atoms with Crippen LogP contribution in [0.15, 0.2) is 137 Å². The van der Waals surface area contributed by atoms with Crippen LogP contribution < -0.4 is 30.1 Å². The van der Waals surface area contributed by atoms with Gasteiger partial charge in [0.05, 0.1) is 31.8 Å². The molecule has 5 aromatic carbocycles. The number of hydrogen-bond acceptors (Lipinski definition) is 10. The molecule has 13 nitrogen and oxygen atoms in total. The van der Waals surface area contributed by atoms with Gasteiger partial charge >= 0.3 is 6.09 Å². The van der Waals surface area contributed by atoms with Crippen LogP contribution in [0.25, 0.3) is 44.1 Å². The molecular weight excluding hydrogens is 861 g/mol. The molecule has 1 saturated heterocycles. The average Bonchev–Trinajstić information content (AvgIpc) is 3.36. The summed E-state index contributed by atoms with van der Waals surface area (Å²) in [4.78, 5) is 54.5. The average molecular weight is 919 g/mol. The Bertz CT molecular complexity index is 3010. The molecule has 0 atom stereocenters. The van der Waals surface area contributed by atoms with Gasteiger partial charge in [-0.1, -0.05) is 66.7 Å². The largest absolute Gasteiger partial charge is 0.497 e. The monoisotopic (exact) mass is 918 g/mol. The number of carbonyl (C=O) groups is 2. The smallest absolute Gasteiger partial charge is 0.410 e. The first-order chi connectivity index (χ1) is 32.9. The molecule has 9 rings (SSSR count). The molecule has 0 unspecified atom stereocenters. The first-order valence-electron chi connectivity index (χ1n) is 23.0. The van der Waals surface area contributed by atoms with Gasteiger partial charge in [-0.05, 0) is 97.8 Å². The van der Waals surface area contributed by atoms with Gasteiger partial charge in [0.2, 0.25) is 0 Å². The molecule has 2 aliphatic heterocycles. The lowest BCUT2D eigenvalue weighted by Crippen LogP contribution is -2.49. The van der Waals surface area contributed by atoms with E-state index in [4.69, 9.17) is 23.7 Å². The van der Waals surface area contributed by atoms with E-state index in [1.807, 2.05) is 139 Å². The van der Waals surface area contributed by atoms with Crippen molar-refractivity contribution in [3.8, 4) is 45.3 Å². The number of likely N-dealkylation sites (tertiary alicyclic amines) is 1. The summed E-state index contributed by atoms with van der Waals surface area (Å²) in [7, 11) is 3.22. The lowest BCUT2D eigenvalue weighted by atomic mass is 10.0. The number of fused-ring (bicyclic) bond motifs is 3. The predicted molar refractivity (Wildman–Crippen MR) is 265 cm³/mol. The summed E-state index contributed by atoms with van der Waals surface area (Å²) in [6.07, 6.45) is 2.02. The van der Waals surface area contributed by atoms with Crippen LogP contribution in [0.4, 0.5) is 4.79 Å². The molecule has 352 valence electrons. The molecule has 0 spiro atoms. The highest BCUT2D eigenvalue weighted by Crippen LogP contribution is 2.34. The zero-order valence-electron chi connectivity index (χ0n) is 39.3. The van der Waals surface area contributed by atoms with Crippen molar-refractivity contribution in [1.29, 1.82) is 0 Å². The standard InChI is InChI=1S/C37H43N3O6.C18H15NO3/c1-37(2,3)46-36(42)40(25-26-10-13-33-34(22-26)45-21-20-44-33)28-14-16-38(17-15-28)18-19-39-32-23-29(43-4)11-12-30(32)31(24-35(39)41)27-8-6-5-7-9-27;1-22-14-7-8-15-16(13-5-3-2-4-6-13)12-18(21)19(9-10-20)17(15)11-14/h5-13,22-24,28H,14-21,25H2,1-4H3;2-8,10-12H,9H2,1H3. The summed E-state index contributed by atoms with van der Waals surface area (Å²) in [5.41, 5.74) is 5.43. The van der Waals surface area contributed by atoms with E-state index in [2.05, 4.69) is 4.90 Å². The highest BCUT2D eigenvalue weighted by molar-refractivity contribution is 5.96. The zero-order chi connectivity index (χ0) is 47.8. The maximum Gasteiger partial charge on any atom is 0.410 e. The maximum absolute atomic E-state index is 13.5. The minimum Gasteiger partial charge on any atom is -0.497 e. The lowest BCUT2D eigenvalue weighted by Gasteiger charge is -2.39. The Kier molecular flexibility index (Phi) is 14.6. The number of nitrogens with zero attached hydrogens (tertiary/aromatic N) is 4. The van der Waals surface area contributed by atoms with E-state index in [9.17, 15) is 19.2 Å². The Balaban J connectivity index is 0.000000237. The van der Waals surface area contributed by atoms with Crippen molar-refractivity contribution in [1.82, 2.24) is 18.9 Å². The first-order valence-corrected chi connectivity index (χ1v) is 23.0. The fourth-order valence-electron chi connectivity index (χ4n) is 8.92. The zero-order valence-corrected chi connectivity index (χ0v) is 39.3. The molecule has 1 amide bonds. The number of aromatic nitrogens is 2. The van der Waals surface area contributed by atoms with Crippen LogP contribution >= 0.6 is 0 Å². The van der Waals surface area contributed by atoms with E-state index in [1.54, 1.807) is 32.4 Å². The Morgan fingerprint density at radius 1 is 0.676 bits per heavy atom. The summed E-state index contributed by atoms with van der Waals surface area (Å²) in [5, 5.41) is 1.92. The first kappa shape index (κ1) is 47.1. The number of aldehydes is 1. The summed E-state index contributed by atoms with van der Waals surface area (Å²) in [6.45, 7) is 10.1. The van der Waals surface area contributed by atoms with E-state index in [1.165, 1.54) is 4.57 Å². The van der Waals surface area contributed by atoms with Crippen molar-refractivity contribution in [2.24, 2.45) is 0 Å². The Hall–Kier alpha value is -7.38. The minimum atomic E-state index is -0.600. The summed E-state index contributed by atoms with van der Waals surface area (Å²) in [5.74, 6) is 2.80. The van der Waals surface area contributed by atoms with Gasteiger partial charge in [0.25, 0.3) is 11.1 Å². The lowest BCUT2D eigenvalue weighted by molar-refractivity contribution is -0.108. The number of piperidine rings is 1. The number of carbonyl (C=O) groups excluding carboxylic acids is 2. The second-order valence-corrected chi connectivity index (χ2v) is 17.9. The molecule has 13 heteroatoms. The van der Waals surface area contributed by atoms with Gasteiger partial charge in [0, 0.05) is 73.8 Å². The van der Waals surface area contributed by atoms with Gasteiger partial charge in [-0.25, -0.2) is 4.79 Å². The van der Waals surface area contributed by atoms with Gasteiger partial charge in [-0.3, -0.25) is 9.59 Å². The van der Waals surface area contributed by atoms with Crippen LogP contribution in [0.3, 0.4) is 0 Å². The van der Waals surface area contributed by atoms with E-state index in [0.717, 1.165) is 88.6 Å². The molecule has 7 aromatic rings. The fraction of sp³-hybridized carbons (Fsp3) is 0.309. The molecular formula is C55H58N4O9. The number of benzene rings is 5. The van der Waals surface area contributed by atoms with Crippen molar-refractivity contribution in [3.05, 3.63) is 154 Å². The van der Waals surface area contributed by atoms with E-state index in [-0.39, 0.29) is 29.8 Å². The maximum atomic E-state index is 13.5.